The molecule has 0 bridgehead atoms. The molecule has 0 saturated carbocycles. The molecular weight excluding hydrogens is 291 g/mol. The highest BCUT2D eigenvalue weighted by Crippen LogP contribution is 2.25. The average Bonchev–Trinajstić information content (AvgIpc) is 2.45. The summed E-state index contributed by atoms with van der Waals surface area (Å²) in [6.07, 6.45) is 1.64. The van der Waals surface area contributed by atoms with Crippen molar-refractivity contribution in [3.8, 4) is 0 Å². The van der Waals surface area contributed by atoms with Gasteiger partial charge in [-0.05, 0) is 56.5 Å². The maximum absolute atomic E-state index is 13.9. The van der Waals surface area contributed by atoms with E-state index in [2.05, 4.69) is 12.2 Å². The average molecular weight is 314 g/mol. The summed E-state index contributed by atoms with van der Waals surface area (Å²) in [6, 6.07) is 4.27. The van der Waals surface area contributed by atoms with Gasteiger partial charge >= 0.3 is 0 Å². The molecule has 6 heteroatoms. The Labute approximate surface area is 126 Å². The van der Waals surface area contributed by atoms with Gasteiger partial charge in [-0.15, -0.1) is 0 Å². The number of sulfonamides is 1. The van der Waals surface area contributed by atoms with Crippen LogP contribution in [0.5, 0.6) is 0 Å². The summed E-state index contributed by atoms with van der Waals surface area (Å²) in [5.41, 5.74) is 0.718. The van der Waals surface area contributed by atoms with E-state index in [4.69, 9.17) is 0 Å². The Morgan fingerprint density at radius 1 is 1.33 bits per heavy atom. The van der Waals surface area contributed by atoms with Crippen molar-refractivity contribution in [3.05, 3.63) is 29.6 Å². The maximum Gasteiger partial charge on any atom is 0.245 e. The summed E-state index contributed by atoms with van der Waals surface area (Å²) in [5.74, 6) is -0.163. The minimum Gasteiger partial charge on any atom is -0.317 e. The number of nitrogens with zero attached hydrogens (tertiary/aromatic N) is 1. The van der Waals surface area contributed by atoms with Crippen molar-refractivity contribution >= 4 is 10.0 Å². The number of halogens is 1. The molecule has 1 N–H and O–H groups in total. The van der Waals surface area contributed by atoms with Crippen molar-refractivity contribution in [1.82, 2.24) is 9.62 Å². The quantitative estimate of drug-likeness (QED) is 0.906. The van der Waals surface area contributed by atoms with Gasteiger partial charge in [0.15, 0.2) is 0 Å². The Balaban J connectivity index is 2.08. The number of benzene rings is 1. The van der Waals surface area contributed by atoms with Gasteiger partial charge in [-0.25, -0.2) is 12.8 Å². The monoisotopic (exact) mass is 314 g/mol. The van der Waals surface area contributed by atoms with Crippen molar-refractivity contribution in [2.24, 2.45) is 5.92 Å². The van der Waals surface area contributed by atoms with Crippen LogP contribution >= 0.6 is 0 Å². The van der Waals surface area contributed by atoms with Gasteiger partial charge in [0, 0.05) is 13.1 Å². The van der Waals surface area contributed by atoms with Crippen LogP contribution in [0.25, 0.3) is 0 Å². The van der Waals surface area contributed by atoms with Gasteiger partial charge in [0.25, 0.3) is 0 Å². The zero-order chi connectivity index (χ0) is 15.5. The number of aryl methyl sites for hydroxylation is 1. The SMILES string of the molecule is CCNCC1CCN(S(=O)(=O)c2ccc(C)cc2F)CC1. The van der Waals surface area contributed by atoms with E-state index in [0.717, 1.165) is 31.5 Å². The van der Waals surface area contributed by atoms with Gasteiger partial charge in [-0.2, -0.15) is 4.31 Å². The highest BCUT2D eigenvalue weighted by molar-refractivity contribution is 7.89. The second-order valence-corrected chi connectivity index (χ2v) is 7.50. The molecule has 1 aromatic carbocycles. The summed E-state index contributed by atoms with van der Waals surface area (Å²) in [5, 5.41) is 3.29. The molecule has 1 saturated heterocycles. The van der Waals surface area contributed by atoms with E-state index in [9.17, 15) is 12.8 Å². The fraction of sp³-hybridized carbons (Fsp3) is 0.600. The van der Waals surface area contributed by atoms with E-state index in [0.29, 0.717) is 19.0 Å². The van der Waals surface area contributed by atoms with Gasteiger partial charge in [-0.1, -0.05) is 13.0 Å². The third-order valence-electron chi connectivity index (χ3n) is 3.96. The van der Waals surface area contributed by atoms with Crippen molar-refractivity contribution < 1.29 is 12.8 Å². The van der Waals surface area contributed by atoms with E-state index in [1.165, 1.54) is 16.4 Å². The first-order chi connectivity index (χ1) is 9.95. The molecule has 0 unspecified atom stereocenters. The van der Waals surface area contributed by atoms with Crippen LogP contribution in [0, 0.1) is 18.7 Å². The van der Waals surface area contributed by atoms with Crippen LogP contribution < -0.4 is 5.32 Å². The molecule has 0 aliphatic carbocycles. The Kier molecular flexibility index (Phi) is 5.35. The van der Waals surface area contributed by atoms with Gasteiger partial charge in [-0.3, -0.25) is 0 Å². The largest absolute Gasteiger partial charge is 0.317 e. The van der Waals surface area contributed by atoms with E-state index in [-0.39, 0.29) is 4.90 Å². The normalized spacial score (nSPS) is 18.0. The third-order valence-corrected chi connectivity index (χ3v) is 5.89. The second-order valence-electron chi connectivity index (χ2n) is 5.59. The number of hydrogen-bond acceptors (Lipinski definition) is 3. The fourth-order valence-electron chi connectivity index (χ4n) is 2.66. The van der Waals surface area contributed by atoms with Crippen molar-refractivity contribution in [3.63, 3.8) is 0 Å². The molecule has 0 spiro atoms. The minimum atomic E-state index is -3.72. The van der Waals surface area contributed by atoms with Crippen LogP contribution in [0.4, 0.5) is 4.39 Å². The molecule has 0 amide bonds. The zero-order valence-electron chi connectivity index (χ0n) is 12.6. The lowest BCUT2D eigenvalue weighted by Gasteiger charge is -2.31. The third kappa shape index (κ3) is 3.81. The van der Waals surface area contributed by atoms with Crippen LogP contribution in [0.1, 0.15) is 25.3 Å². The van der Waals surface area contributed by atoms with Crippen molar-refractivity contribution in [2.75, 3.05) is 26.2 Å². The predicted octanol–water partition coefficient (Wildman–Crippen LogP) is 2.14. The molecule has 1 aliphatic heterocycles. The summed E-state index contributed by atoms with van der Waals surface area (Å²) < 4.78 is 40.4. The van der Waals surface area contributed by atoms with Gasteiger partial charge < -0.3 is 5.32 Å². The molecule has 1 aromatic rings. The summed E-state index contributed by atoms with van der Waals surface area (Å²) in [4.78, 5) is -0.210. The highest BCUT2D eigenvalue weighted by Gasteiger charge is 2.31. The molecule has 1 fully saturated rings. The van der Waals surface area contributed by atoms with Gasteiger partial charge in [0.2, 0.25) is 10.0 Å². The van der Waals surface area contributed by atoms with Crippen molar-refractivity contribution in [1.29, 1.82) is 0 Å². The lowest BCUT2D eigenvalue weighted by molar-refractivity contribution is 0.268. The maximum atomic E-state index is 13.9. The lowest BCUT2D eigenvalue weighted by atomic mass is 9.98. The van der Waals surface area contributed by atoms with Crippen LogP contribution in [-0.4, -0.2) is 38.9 Å². The summed E-state index contributed by atoms with van der Waals surface area (Å²) in [7, 11) is -3.72. The van der Waals surface area contributed by atoms with E-state index in [1.54, 1.807) is 13.0 Å². The van der Waals surface area contributed by atoms with Crippen LogP contribution in [0.15, 0.2) is 23.1 Å². The second kappa shape index (κ2) is 6.85. The van der Waals surface area contributed by atoms with Gasteiger partial charge in [0.05, 0.1) is 0 Å². The number of piperidine rings is 1. The molecule has 1 heterocycles. The molecule has 4 nitrogen and oxygen atoms in total. The van der Waals surface area contributed by atoms with E-state index < -0.39 is 15.8 Å². The zero-order valence-corrected chi connectivity index (χ0v) is 13.4. The first kappa shape index (κ1) is 16.4. The Hall–Kier alpha value is -0.980. The molecule has 2 rings (SSSR count). The number of nitrogens with one attached hydrogen (secondary N) is 1. The Morgan fingerprint density at radius 3 is 2.57 bits per heavy atom. The predicted molar refractivity (Wildman–Crippen MR) is 81.2 cm³/mol. The molecule has 1 aliphatic rings. The molecule has 0 radical (unpaired) electrons. The van der Waals surface area contributed by atoms with Crippen LogP contribution in [0.2, 0.25) is 0 Å². The number of rotatable bonds is 5. The molecule has 0 aromatic heterocycles. The first-order valence-electron chi connectivity index (χ1n) is 7.42. The van der Waals surface area contributed by atoms with Crippen LogP contribution in [0.3, 0.4) is 0 Å². The van der Waals surface area contributed by atoms with Gasteiger partial charge in [0.1, 0.15) is 10.7 Å². The number of hydrogen-bond donors (Lipinski definition) is 1. The standard InChI is InChI=1S/C15H23FN2O2S/c1-3-17-11-13-6-8-18(9-7-13)21(19,20)15-5-4-12(2)10-14(15)16/h4-5,10,13,17H,3,6-9,11H2,1-2H3. The van der Waals surface area contributed by atoms with E-state index in [1.807, 2.05) is 0 Å². The Morgan fingerprint density at radius 2 is 2.00 bits per heavy atom. The molecule has 0 atom stereocenters. The van der Waals surface area contributed by atoms with E-state index >= 15 is 0 Å². The fourth-order valence-corrected chi connectivity index (χ4v) is 4.17. The lowest BCUT2D eigenvalue weighted by Crippen LogP contribution is -2.41. The Bertz CT molecular complexity index is 581. The summed E-state index contributed by atoms with van der Waals surface area (Å²) >= 11 is 0. The first-order valence-corrected chi connectivity index (χ1v) is 8.86. The molecule has 118 valence electrons. The smallest absolute Gasteiger partial charge is 0.245 e. The topological polar surface area (TPSA) is 49.4 Å². The molecule has 21 heavy (non-hydrogen) atoms. The summed E-state index contributed by atoms with van der Waals surface area (Å²) in [6.45, 7) is 6.57. The minimum absolute atomic E-state index is 0.210. The highest BCUT2D eigenvalue weighted by atomic mass is 32.2. The van der Waals surface area contributed by atoms with Crippen LogP contribution in [-0.2, 0) is 10.0 Å². The molecular formula is C15H23FN2O2S. The van der Waals surface area contributed by atoms with Crippen molar-refractivity contribution in [2.45, 2.75) is 31.6 Å².